The Labute approximate surface area is 102 Å². The van der Waals surface area contributed by atoms with Gasteiger partial charge in [-0.2, -0.15) is 0 Å². The molecule has 0 bridgehead atoms. The van der Waals surface area contributed by atoms with Gasteiger partial charge in [-0.15, -0.1) is 0 Å². The fraction of sp³-hybridized carbons (Fsp3) is 0.818. The van der Waals surface area contributed by atoms with Gasteiger partial charge in [0.05, 0.1) is 13.1 Å². The molecule has 0 aromatic carbocycles. The highest BCUT2D eigenvalue weighted by atomic mass is 16.2. The third kappa shape index (κ3) is 3.98. The van der Waals surface area contributed by atoms with Crippen molar-refractivity contribution in [2.24, 2.45) is 5.73 Å². The smallest absolute Gasteiger partial charge is 0.242 e. The van der Waals surface area contributed by atoms with Crippen LogP contribution in [0.15, 0.2) is 0 Å². The van der Waals surface area contributed by atoms with Crippen molar-refractivity contribution in [1.29, 1.82) is 0 Å². The van der Waals surface area contributed by atoms with Crippen LogP contribution >= 0.6 is 0 Å². The molecular formula is C11H22N4O2. The zero-order valence-electron chi connectivity index (χ0n) is 10.6. The summed E-state index contributed by atoms with van der Waals surface area (Å²) in [5.74, 6) is -0.321. The quantitative estimate of drug-likeness (QED) is 0.636. The second-order valence-corrected chi connectivity index (χ2v) is 4.36. The zero-order chi connectivity index (χ0) is 12.8. The predicted molar refractivity (Wildman–Crippen MR) is 65.4 cm³/mol. The largest absolute Gasteiger partial charge is 0.346 e. The van der Waals surface area contributed by atoms with Crippen molar-refractivity contribution in [3.8, 4) is 0 Å². The van der Waals surface area contributed by atoms with E-state index in [0.717, 1.165) is 26.1 Å². The lowest BCUT2D eigenvalue weighted by molar-refractivity contribution is -0.135. The van der Waals surface area contributed by atoms with Gasteiger partial charge in [0.2, 0.25) is 11.8 Å². The molecule has 0 aromatic rings. The number of carbonyl (C=O) groups excluding carboxylic acids is 2. The fourth-order valence-electron chi connectivity index (χ4n) is 1.97. The van der Waals surface area contributed by atoms with Crippen LogP contribution < -0.4 is 11.1 Å². The molecule has 1 atom stereocenters. The Hall–Kier alpha value is -1.14. The number of amides is 2. The van der Waals surface area contributed by atoms with Gasteiger partial charge in [0, 0.05) is 25.7 Å². The molecule has 98 valence electrons. The van der Waals surface area contributed by atoms with E-state index in [1.54, 1.807) is 0 Å². The van der Waals surface area contributed by atoms with Crippen molar-refractivity contribution in [2.45, 2.75) is 19.4 Å². The van der Waals surface area contributed by atoms with E-state index in [1.165, 1.54) is 0 Å². The first-order chi connectivity index (χ1) is 8.08. The van der Waals surface area contributed by atoms with E-state index in [1.807, 2.05) is 4.90 Å². The van der Waals surface area contributed by atoms with Crippen molar-refractivity contribution < 1.29 is 9.59 Å². The highest BCUT2D eigenvalue weighted by molar-refractivity contribution is 5.85. The van der Waals surface area contributed by atoms with Crippen LogP contribution in [0.25, 0.3) is 0 Å². The molecule has 0 saturated carbocycles. The molecule has 0 spiro atoms. The van der Waals surface area contributed by atoms with Gasteiger partial charge in [0.25, 0.3) is 0 Å². The summed E-state index contributed by atoms with van der Waals surface area (Å²) >= 11 is 0. The van der Waals surface area contributed by atoms with Gasteiger partial charge in [0.15, 0.2) is 0 Å². The molecule has 2 amide bonds. The molecule has 1 heterocycles. The second kappa shape index (κ2) is 6.56. The van der Waals surface area contributed by atoms with Crippen LogP contribution in [0.2, 0.25) is 0 Å². The summed E-state index contributed by atoms with van der Waals surface area (Å²) in [7, 11) is 2.08. The Morgan fingerprint density at radius 1 is 1.41 bits per heavy atom. The van der Waals surface area contributed by atoms with Gasteiger partial charge in [-0.05, 0) is 13.5 Å². The monoisotopic (exact) mass is 242 g/mol. The Balaban J connectivity index is 2.39. The summed E-state index contributed by atoms with van der Waals surface area (Å²) in [6.45, 7) is 4.44. The first kappa shape index (κ1) is 13.9. The van der Waals surface area contributed by atoms with Gasteiger partial charge in [0.1, 0.15) is 0 Å². The average molecular weight is 242 g/mol. The molecular weight excluding hydrogens is 220 g/mol. The average Bonchev–Trinajstić information content (AvgIpc) is 2.35. The molecule has 1 saturated heterocycles. The number of nitrogens with two attached hydrogens (primary N) is 1. The van der Waals surface area contributed by atoms with Crippen LogP contribution in [0.4, 0.5) is 0 Å². The molecule has 0 aliphatic carbocycles. The van der Waals surface area contributed by atoms with E-state index in [4.69, 9.17) is 5.73 Å². The lowest BCUT2D eigenvalue weighted by Crippen LogP contribution is -2.54. The third-order valence-corrected chi connectivity index (χ3v) is 3.22. The van der Waals surface area contributed by atoms with Crippen molar-refractivity contribution in [3.05, 3.63) is 0 Å². The SMILES string of the molecule is CCC1CN(C(=O)CNC(=O)CN)CCN1C. The van der Waals surface area contributed by atoms with Gasteiger partial charge in [-0.3, -0.25) is 14.5 Å². The summed E-state index contributed by atoms with van der Waals surface area (Å²) < 4.78 is 0. The van der Waals surface area contributed by atoms with Gasteiger partial charge >= 0.3 is 0 Å². The molecule has 0 radical (unpaired) electrons. The standard InChI is InChI=1S/C11H22N4O2/c1-3-9-8-15(5-4-14(9)2)11(17)7-13-10(16)6-12/h9H,3-8,12H2,1-2H3,(H,13,16). The number of hydrogen-bond acceptors (Lipinski definition) is 4. The summed E-state index contributed by atoms with van der Waals surface area (Å²) in [6, 6.07) is 0.415. The number of rotatable bonds is 4. The van der Waals surface area contributed by atoms with Crippen LogP contribution in [-0.4, -0.2) is 67.4 Å². The highest BCUT2D eigenvalue weighted by Gasteiger charge is 2.25. The lowest BCUT2D eigenvalue weighted by atomic mass is 10.1. The molecule has 0 aromatic heterocycles. The maximum absolute atomic E-state index is 11.8. The summed E-state index contributed by atoms with van der Waals surface area (Å²) in [5, 5.41) is 2.50. The molecule has 1 aliphatic heterocycles. The van der Waals surface area contributed by atoms with Gasteiger partial charge < -0.3 is 16.0 Å². The van der Waals surface area contributed by atoms with E-state index in [9.17, 15) is 9.59 Å². The van der Waals surface area contributed by atoms with E-state index in [-0.39, 0.29) is 24.9 Å². The zero-order valence-corrected chi connectivity index (χ0v) is 10.6. The summed E-state index contributed by atoms with van der Waals surface area (Å²) in [6.07, 6.45) is 1.02. The number of likely N-dealkylation sites (N-methyl/N-ethyl adjacent to an activating group) is 1. The second-order valence-electron chi connectivity index (χ2n) is 4.36. The van der Waals surface area contributed by atoms with Crippen LogP contribution in [-0.2, 0) is 9.59 Å². The number of hydrogen-bond donors (Lipinski definition) is 2. The first-order valence-corrected chi connectivity index (χ1v) is 6.03. The Morgan fingerprint density at radius 2 is 2.12 bits per heavy atom. The molecule has 1 unspecified atom stereocenters. The molecule has 6 heteroatoms. The maximum Gasteiger partial charge on any atom is 0.242 e. The minimum absolute atomic E-state index is 0.0293. The highest BCUT2D eigenvalue weighted by Crippen LogP contribution is 2.10. The fourth-order valence-corrected chi connectivity index (χ4v) is 1.97. The Morgan fingerprint density at radius 3 is 2.71 bits per heavy atom. The number of carbonyl (C=O) groups is 2. The maximum atomic E-state index is 11.8. The van der Waals surface area contributed by atoms with Crippen molar-refractivity contribution in [2.75, 3.05) is 39.8 Å². The lowest BCUT2D eigenvalue weighted by Gasteiger charge is -2.39. The van der Waals surface area contributed by atoms with Crippen molar-refractivity contribution in [3.63, 3.8) is 0 Å². The van der Waals surface area contributed by atoms with E-state index in [0.29, 0.717) is 6.04 Å². The summed E-state index contributed by atoms with van der Waals surface area (Å²) in [5.41, 5.74) is 5.15. The van der Waals surface area contributed by atoms with Crippen LogP contribution in [0.5, 0.6) is 0 Å². The molecule has 1 aliphatic rings. The molecule has 6 nitrogen and oxygen atoms in total. The number of nitrogens with zero attached hydrogens (tertiary/aromatic N) is 2. The summed E-state index contributed by atoms with van der Waals surface area (Å²) in [4.78, 5) is 26.9. The van der Waals surface area contributed by atoms with Crippen LogP contribution in [0.3, 0.4) is 0 Å². The van der Waals surface area contributed by atoms with E-state index >= 15 is 0 Å². The minimum Gasteiger partial charge on any atom is -0.346 e. The van der Waals surface area contributed by atoms with Crippen LogP contribution in [0.1, 0.15) is 13.3 Å². The number of nitrogens with one attached hydrogen (secondary N) is 1. The van der Waals surface area contributed by atoms with Crippen molar-refractivity contribution in [1.82, 2.24) is 15.1 Å². The molecule has 3 N–H and O–H groups in total. The first-order valence-electron chi connectivity index (χ1n) is 6.03. The minimum atomic E-state index is -0.292. The number of piperazine rings is 1. The van der Waals surface area contributed by atoms with Crippen LogP contribution in [0, 0.1) is 0 Å². The third-order valence-electron chi connectivity index (χ3n) is 3.22. The van der Waals surface area contributed by atoms with Gasteiger partial charge in [-0.25, -0.2) is 0 Å². The van der Waals surface area contributed by atoms with E-state index in [2.05, 4.69) is 24.2 Å². The van der Waals surface area contributed by atoms with E-state index < -0.39 is 0 Å². The Bertz CT molecular complexity index is 283. The normalized spacial score (nSPS) is 21.4. The van der Waals surface area contributed by atoms with Gasteiger partial charge in [-0.1, -0.05) is 6.92 Å². The molecule has 1 rings (SSSR count). The molecule has 1 fully saturated rings. The van der Waals surface area contributed by atoms with Crippen molar-refractivity contribution >= 4 is 11.8 Å². The Kier molecular flexibility index (Phi) is 5.37. The predicted octanol–water partition coefficient (Wildman–Crippen LogP) is -1.39. The molecule has 17 heavy (non-hydrogen) atoms. The topological polar surface area (TPSA) is 78.7 Å².